The molecule has 184 valence electrons. The molecule has 2 aromatic heterocycles. The molecule has 0 spiro atoms. The molecule has 5 nitrogen and oxygen atoms in total. The zero-order valence-corrected chi connectivity index (χ0v) is 21.1. The molecular formula is C29H28FN3O2S. The highest BCUT2D eigenvalue weighted by Crippen LogP contribution is 2.37. The quantitative estimate of drug-likeness (QED) is 0.356. The average Bonchev–Trinajstić information content (AvgIpc) is 3.54. The van der Waals surface area contributed by atoms with Crippen LogP contribution in [0.15, 0.2) is 71.7 Å². The highest BCUT2D eigenvalue weighted by molar-refractivity contribution is 7.15. The van der Waals surface area contributed by atoms with Gasteiger partial charge in [0, 0.05) is 28.6 Å². The van der Waals surface area contributed by atoms with E-state index in [0.717, 1.165) is 28.8 Å². The lowest BCUT2D eigenvalue weighted by molar-refractivity contribution is 0.0940. The maximum Gasteiger partial charge on any atom is 0.255 e. The van der Waals surface area contributed by atoms with Gasteiger partial charge in [-0.3, -0.25) is 14.2 Å². The molecule has 0 saturated carbocycles. The van der Waals surface area contributed by atoms with Gasteiger partial charge >= 0.3 is 0 Å². The number of pyridine rings is 1. The number of nitrogens with zero attached hydrogens (tertiary/aromatic N) is 1. The van der Waals surface area contributed by atoms with Crippen LogP contribution in [0.5, 0.6) is 0 Å². The number of aryl methyl sites for hydroxylation is 2. The number of halogens is 1. The Kier molecular flexibility index (Phi) is 6.85. The lowest BCUT2D eigenvalue weighted by atomic mass is 9.99. The molecule has 0 saturated heterocycles. The number of thiophene rings is 1. The van der Waals surface area contributed by atoms with Crippen LogP contribution in [0.4, 0.5) is 4.39 Å². The molecule has 0 fully saturated rings. The van der Waals surface area contributed by atoms with E-state index in [0.29, 0.717) is 0 Å². The Labute approximate surface area is 213 Å². The number of amides is 1. The number of carbonyl (C=O) groups is 1. The summed E-state index contributed by atoms with van der Waals surface area (Å²) < 4.78 is 15.4. The van der Waals surface area contributed by atoms with Gasteiger partial charge in [0.05, 0.1) is 17.3 Å². The summed E-state index contributed by atoms with van der Waals surface area (Å²) in [6.07, 6.45) is 4.87. The molecule has 36 heavy (non-hydrogen) atoms. The van der Waals surface area contributed by atoms with E-state index >= 15 is 0 Å². The molecule has 0 bridgehead atoms. The van der Waals surface area contributed by atoms with Crippen molar-refractivity contribution in [3.63, 3.8) is 0 Å². The van der Waals surface area contributed by atoms with E-state index in [1.807, 2.05) is 14.0 Å². The van der Waals surface area contributed by atoms with Crippen molar-refractivity contribution in [3.05, 3.63) is 110 Å². The summed E-state index contributed by atoms with van der Waals surface area (Å²) in [6.45, 7) is 2.75. The number of rotatable bonds is 7. The lowest BCUT2D eigenvalue weighted by Gasteiger charge is -2.14. The molecule has 1 atom stereocenters. The van der Waals surface area contributed by atoms with E-state index in [4.69, 9.17) is 0 Å². The summed E-state index contributed by atoms with van der Waals surface area (Å²) in [6, 6.07) is 17.4. The van der Waals surface area contributed by atoms with Crippen molar-refractivity contribution in [2.45, 2.75) is 38.8 Å². The highest BCUT2D eigenvalue weighted by Gasteiger charge is 2.19. The second-order valence-electron chi connectivity index (χ2n) is 9.14. The van der Waals surface area contributed by atoms with Gasteiger partial charge in [-0.1, -0.05) is 18.2 Å². The first-order valence-corrected chi connectivity index (χ1v) is 12.9. The molecule has 7 heteroatoms. The Morgan fingerprint density at radius 2 is 1.86 bits per heavy atom. The van der Waals surface area contributed by atoms with E-state index in [-0.39, 0.29) is 23.2 Å². The molecule has 0 aliphatic heterocycles. The van der Waals surface area contributed by atoms with Gasteiger partial charge in [0.1, 0.15) is 5.82 Å². The highest BCUT2D eigenvalue weighted by atomic mass is 32.1. The van der Waals surface area contributed by atoms with Gasteiger partial charge in [0.2, 0.25) is 0 Å². The number of benzene rings is 2. The molecule has 0 radical (unpaired) electrons. The number of para-hydroxylation sites is 1. The van der Waals surface area contributed by atoms with Crippen LogP contribution in [0.2, 0.25) is 0 Å². The maximum atomic E-state index is 14.2. The number of carbonyl (C=O) groups excluding carboxylic acids is 1. The minimum Gasteiger partial charge on any atom is -0.345 e. The minimum atomic E-state index is -0.527. The Balaban J connectivity index is 1.37. The largest absolute Gasteiger partial charge is 0.345 e. The SMILES string of the molecule is CNCc1cc2c(cc1-c1ccc([C@@H](C)NC(=O)c3ccc(=O)n(-c4ccccc4F)c3)s1)CCC2. The fourth-order valence-electron chi connectivity index (χ4n) is 4.78. The summed E-state index contributed by atoms with van der Waals surface area (Å²) in [4.78, 5) is 27.6. The van der Waals surface area contributed by atoms with Gasteiger partial charge < -0.3 is 10.6 Å². The summed E-state index contributed by atoms with van der Waals surface area (Å²) >= 11 is 1.67. The number of hydrogen-bond donors (Lipinski definition) is 2. The van der Waals surface area contributed by atoms with E-state index < -0.39 is 11.4 Å². The van der Waals surface area contributed by atoms with Crippen molar-refractivity contribution < 1.29 is 9.18 Å². The van der Waals surface area contributed by atoms with Crippen LogP contribution in [0.3, 0.4) is 0 Å². The van der Waals surface area contributed by atoms with Crippen LogP contribution in [0.1, 0.15) is 51.3 Å². The summed E-state index contributed by atoms with van der Waals surface area (Å²) in [7, 11) is 1.96. The lowest BCUT2D eigenvalue weighted by Crippen LogP contribution is -2.28. The third-order valence-corrected chi connectivity index (χ3v) is 7.94. The van der Waals surface area contributed by atoms with Crippen molar-refractivity contribution in [1.82, 2.24) is 15.2 Å². The van der Waals surface area contributed by atoms with Gasteiger partial charge in [-0.05, 0) is 91.9 Å². The topological polar surface area (TPSA) is 63.1 Å². The van der Waals surface area contributed by atoms with Crippen LogP contribution in [-0.4, -0.2) is 17.5 Å². The number of aromatic nitrogens is 1. The van der Waals surface area contributed by atoms with E-state index in [1.165, 1.54) is 64.0 Å². The first kappa shape index (κ1) is 24.2. The fraction of sp³-hybridized carbons (Fsp3) is 0.241. The molecule has 2 aromatic carbocycles. The summed E-state index contributed by atoms with van der Waals surface area (Å²) in [5.74, 6) is -0.850. The van der Waals surface area contributed by atoms with Gasteiger partial charge in [0.15, 0.2) is 0 Å². The van der Waals surface area contributed by atoms with Crippen LogP contribution in [0.25, 0.3) is 16.1 Å². The maximum absolute atomic E-state index is 14.2. The van der Waals surface area contributed by atoms with E-state index in [9.17, 15) is 14.0 Å². The van der Waals surface area contributed by atoms with Crippen LogP contribution < -0.4 is 16.2 Å². The zero-order valence-electron chi connectivity index (χ0n) is 20.3. The summed E-state index contributed by atoms with van der Waals surface area (Å²) in [5.41, 5.74) is 5.43. The van der Waals surface area contributed by atoms with Crippen molar-refractivity contribution in [2.24, 2.45) is 0 Å². The monoisotopic (exact) mass is 501 g/mol. The molecule has 5 rings (SSSR count). The van der Waals surface area contributed by atoms with Crippen molar-refractivity contribution in [2.75, 3.05) is 7.05 Å². The molecule has 0 unspecified atom stereocenters. The van der Waals surface area contributed by atoms with Crippen LogP contribution in [0, 0.1) is 5.82 Å². The fourth-order valence-corrected chi connectivity index (χ4v) is 5.84. The van der Waals surface area contributed by atoms with Gasteiger partial charge in [-0.2, -0.15) is 0 Å². The van der Waals surface area contributed by atoms with Gasteiger partial charge in [-0.25, -0.2) is 4.39 Å². The first-order valence-electron chi connectivity index (χ1n) is 12.1. The predicted octanol–water partition coefficient (Wildman–Crippen LogP) is 5.40. The van der Waals surface area contributed by atoms with E-state index in [2.05, 4.69) is 34.9 Å². The number of fused-ring (bicyclic) bond motifs is 1. The second kappa shape index (κ2) is 10.2. The number of hydrogen-bond acceptors (Lipinski definition) is 4. The molecule has 1 aliphatic carbocycles. The molecule has 1 aliphatic rings. The summed E-state index contributed by atoms with van der Waals surface area (Å²) in [5, 5.41) is 6.30. The Hall–Kier alpha value is -3.55. The number of nitrogens with one attached hydrogen (secondary N) is 2. The van der Waals surface area contributed by atoms with Crippen molar-refractivity contribution in [3.8, 4) is 16.1 Å². The smallest absolute Gasteiger partial charge is 0.255 e. The average molecular weight is 502 g/mol. The molecule has 2 heterocycles. The third-order valence-electron chi connectivity index (χ3n) is 6.64. The zero-order chi connectivity index (χ0) is 25.2. The van der Waals surface area contributed by atoms with Gasteiger partial charge in [0.25, 0.3) is 11.5 Å². The first-order chi connectivity index (χ1) is 17.4. The Morgan fingerprint density at radius 3 is 2.64 bits per heavy atom. The van der Waals surface area contributed by atoms with E-state index in [1.54, 1.807) is 23.5 Å². The third kappa shape index (κ3) is 4.76. The second-order valence-corrected chi connectivity index (χ2v) is 10.3. The normalized spacial score (nSPS) is 13.4. The molecule has 4 aromatic rings. The van der Waals surface area contributed by atoms with Crippen LogP contribution in [-0.2, 0) is 19.4 Å². The van der Waals surface area contributed by atoms with Gasteiger partial charge in [-0.15, -0.1) is 11.3 Å². The molecular weight excluding hydrogens is 473 g/mol. The van der Waals surface area contributed by atoms with Crippen LogP contribution >= 0.6 is 11.3 Å². The standard InChI is InChI=1S/C29H28FN3O2S/c1-18(32-29(35)21-10-13-28(34)33(17-21)25-9-4-3-8-24(25)30)26-11-12-27(36-26)23-15-20-7-5-6-19(20)14-22(23)16-31-2/h3-4,8-15,17-18,31H,5-7,16H2,1-2H3,(H,32,35)/t18-/m1/s1. The predicted molar refractivity (Wildman–Crippen MR) is 142 cm³/mol. The molecule has 2 N–H and O–H groups in total. The minimum absolute atomic E-state index is 0.111. The van der Waals surface area contributed by atoms with Crippen molar-refractivity contribution in [1.29, 1.82) is 0 Å². The Bertz CT molecular complexity index is 1490. The Morgan fingerprint density at radius 1 is 1.08 bits per heavy atom. The molecule has 1 amide bonds. The van der Waals surface area contributed by atoms with Crippen molar-refractivity contribution >= 4 is 17.2 Å².